The molecule has 8 nitrogen and oxygen atoms in total. The molecule has 0 bridgehead atoms. The molecule has 0 fully saturated rings. The second kappa shape index (κ2) is 8.30. The van der Waals surface area contributed by atoms with E-state index in [1.165, 1.54) is 17.6 Å². The van der Waals surface area contributed by atoms with Crippen molar-refractivity contribution in [3.05, 3.63) is 72.4 Å². The summed E-state index contributed by atoms with van der Waals surface area (Å²) in [5, 5.41) is 16.8. The predicted octanol–water partition coefficient (Wildman–Crippen LogP) is 3.85. The van der Waals surface area contributed by atoms with Gasteiger partial charge in [0.25, 0.3) is 5.91 Å². The number of hydroxylamine groups is 1. The molecule has 8 heteroatoms. The number of rotatable bonds is 6. The Labute approximate surface area is 172 Å². The molecule has 2 N–H and O–H groups in total. The van der Waals surface area contributed by atoms with Crippen LogP contribution >= 0.6 is 0 Å². The van der Waals surface area contributed by atoms with Crippen LogP contribution in [-0.4, -0.2) is 31.1 Å². The Hall–Kier alpha value is -3.78. The van der Waals surface area contributed by atoms with Gasteiger partial charge >= 0.3 is 0 Å². The van der Waals surface area contributed by atoms with Crippen LogP contribution in [0.15, 0.2) is 65.2 Å². The van der Waals surface area contributed by atoms with E-state index in [1.54, 1.807) is 10.9 Å². The summed E-state index contributed by atoms with van der Waals surface area (Å²) in [6.07, 6.45) is 4.34. The van der Waals surface area contributed by atoms with E-state index < -0.39 is 5.91 Å². The third kappa shape index (κ3) is 3.99. The lowest BCUT2D eigenvalue weighted by Gasteiger charge is -2.16. The molecule has 152 valence electrons. The number of oxazole rings is 1. The van der Waals surface area contributed by atoms with Gasteiger partial charge in [-0.2, -0.15) is 0 Å². The first-order chi connectivity index (χ1) is 14.5. The molecule has 4 rings (SSSR count). The van der Waals surface area contributed by atoms with Gasteiger partial charge in [0.05, 0.1) is 6.20 Å². The highest BCUT2D eigenvalue weighted by Crippen LogP contribution is 2.30. The quantitative estimate of drug-likeness (QED) is 0.288. The molecule has 0 aliphatic rings. The number of hydrogen-bond donors (Lipinski definition) is 2. The smallest absolute Gasteiger partial charge is 0.267 e. The number of benzene rings is 2. The predicted molar refractivity (Wildman–Crippen MR) is 111 cm³/mol. The molecule has 1 unspecified atom stereocenters. The van der Waals surface area contributed by atoms with Crippen molar-refractivity contribution in [3.8, 4) is 11.1 Å². The van der Waals surface area contributed by atoms with E-state index in [-0.39, 0.29) is 12.0 Å². The third-order valence-corrected chi connectivity index (χ3v) is 4.73. The second-order valence-electron chi connectivity index (χ2n) is 7.22. The minimum atomic E-state index is -0.641. The minimum absolute atomic E-state index is 0.130. The van der Waals surface area contributed by atoms with E-state index in [9.17, 15) is 4.79 Å². The normalized spacial score (nSPS) is 12.7. The molecule has 1 atom stereocenters. The molecule has 1 amide bonds. The lowest BCUT2D eigenvalue weighted by molar-refractivity contribution is -0.124. The molecule has 30 heavy (non-hydrogen) atoms. The molecule has 0 radical (unpaired) electrons. The Morgan fingerprint density at radius 3 is 2.70 bits per heavy atom. The van der Waals surface area contributed by atoms with Crippen molar-refractivity contribution in [2.24, 2.45) is 5.92 Å². The zero-order chi connectivity index (χ0) is 21.1. The van der Waals surface area contributed by atoms with Gasteiger partial charge in [0.15, 0.2) is 5.58 Å². The number of amides is 1. The van der Waals surface area contributed by atoms with Crippen molar-refractivity contribution in [1.82, 2.24) is 25.5 Å². The van der Waals surface area contributed by atoms with Gasteiger partial charge in [0.1, 0.15) is 17.3 Å². The van der Waals surface area contributed by atoms with Crippen molar-refractivity contribution < 1.29 is 14.4 Å². The zero-order valence-corrected chi connectivity index (χ0v) is 16.6. The molecule has 0 spiro atoms. The Morgan fingerprint density at radius 1 is 1.17 bits per heavy atom. The van der Waals surface area contributed by atoms with Crippen molar-refractivity contribution in [2.45, 2.75) is 19.9 Å². The van der Waals surface area contributed by atoms with Gasteiger partial charge in [0, 0.05) is 6.08 Å². The Morgan fingerprint density at radius 2 is 1.97 bits per heavy atom. The van der Waals surface area contributed by atoms with Crippen LogP contribution in [0.4, 0.5) is 0 Å². The van der Waals surface area contributed by atoms with E-state index in [2.05, 4.69) is 27.4 Å². The molecule has 0 aliphatic heterocycles. The fraction of sp³-hybridized carbons (Fsp3) is 0.182. The third-order valence-electron chi connectivity index (χ3n) is 4.73. The largest absolute Gasteiger partial charge is 0.438 e. The van der Waals surface area contributed by atoms with Crippen molar-refractivity contribution in [2.75, 3.05) is 0 Å². The van der Waals surface area contributed by atoms with Crippen LogP contribution in [0.5, 0.6) is 0 Å². The van der Waals surface area contributed by atoms with Crippen molar-refractivity contribution in [3.63, 3.8) is 0 Å². The van der Waals surface area contributed by atoms with E-state index in [0.717, 1.165) is 16.6 Å². The lowest BCUT2D eigenvalue weighted by Crippen LogP contribution is -2.17. The topological polar surface area (TPSA) is 106 Å². The van der Waals surface area contributed by atoms with Crippen LogP contribution in [-0.2, 0) is 4.79 Å². The second-order valence-corrected chi connectivity index (χ2v) is 7.22. The number of carbonyl (C=O) groups is 1. The van der Waals surface area contributed by atoms with Gasteiger partial charge in [-0.25, -0.2) is 15.1 Å². The minimum Gasteiger partial charge on any atom is -0.438 e. The van der Waals surface area contributed by atoms with Crippen LogP contribution in [0.1, 0.15) is 31.5 Å². The standard InChI is InChI=1S/C22H21N5O3/c1-14(2)21(27-13-17(24-26-27)9-11-20(28)25-29)22-23-18-10-8-16(12-19(18)30-22)15-6-4-3-5-7-15/h3-14,21,29H,1-2H3,(H,25,28). The Kier molecular flexibility index (Phi) is 5.40. The molecule has 2 heterocycles. The summed E-state index contributed by atoms with van der Waals surface area (Å²) in [7, 11) is 0. The maximum absolute atomic E-state index is 11.2. The van der Waals surface area contributed by atoms with Crippen LogP contribution < -0.4 is 5.48 Å². The van der Waals surface area contributed by atoms with Gasteiger partial charge in [-0.15, -0.1) is 5.10 Å². The van der Waals surface area contributed by atoms with Crippen LogP contribution in [0.2, 0.25) is 0 Å². The fourth-order valence-corrected chi connectivity index (χ4v) is 3.28. The molecule has 4 aromatic rings. The first kappa shape index (κ1) is 19.5. The number of aromatic nitrogens is 4. The highest BCUT2D eigenvalue weighted by atomic mass is 16.5. The average molecular weight is 403 g/mol. The SMILES string of the molecule is CC(C)C(c1nc2ccc(-c3ccccc3)cc2o1)n1cc(C=CC(=O)NO)nn1. The average Bonchev–Trinajstić information content (AvgIpc) is 3.39. The fourth-order valence-electron chi connectivity index (χ4n) is 3.28. The van der Waals surface area contributed by atoms with Crippen molar-refractivity contribution >= 4 is 23.1 Å². The number of hydrogen-bond acceptors (Lipinski definition) is 6. The van der Waals surface area contributed by atoms with E-state index in [4.69, 9.17) is 9.62 Å². The van der Waals surface area contributed by atoms with Crippen molar-refractivity contribution in [1.29, 1.82) is 0 Å². The maximum Gasteiger partial charge on any atom is 0.267 e. The molecule has 0 saturated heterocycles. The summed E-state index contributed by atoms with van der Waals surface area (Å²) in [4.78, 5) is 15.8. The highest BCUT2D eigenvalue weighted by Gasteiger charge is 2.25. The maximum atomic E-state index is 11.2. The summed E-state index contributed by atoms with van der Waals surface area (Å²) < 4.78 is 7.79. The molecular weight excluding hydrogens is 382 g/mol. The summed E-state index contributed by atoms with van der Waals surface area (Å²) in [5.74, 6) is 0.0304. The summed E-state index contributed by atoms with van der Waals surface area (Å²) >= 11 is 0. The van der Waals surface area contributed by atoms with E-state index >= 15 is 0 Å². The highest BCUT2D eigenvalue weighted by molar-refractivity contribution is 5.90. The van der Waals surface area contributed by atoms with Gasteiger partial charge < -0.3 is 4.42 Å². The van der Waals surface area contributed by atoms with Crippen LogP contribution in [0, 0.1) is 5.92 Å². The molecule has 2 aromatic carbocycles. The van der Waals surface area contributed by atoms with Crippen LogP contribution in [0.3, 0.4) is 0 Å². The molecule has 2 aromatic heterocycles. The Balaban J connectivity index is 1.67. The number of fused-ring (bicyclic) bond motifs is 1. The summed E-state index contributed by atoms with van der Waals surface area (Å²) in [5.41, 5.74) is 5.66. The van der Waals surface area contributed by atoms with Crippen LogP contribution in [0.25, 0.3) is 28.3 Å². The Bertz CT molecular complexity index is 1190. The number of nitrogens with zero attached hydrogens (tertiary/aromatic N) is 4. The molecule has 0 saturated carbocycles. The summed E-state index contributed by atoms with van der Waals surface area (Å²) in [6.45, 7) is 4.09. The van der Waals surface area contributed by atoms with Gasteiger partial charge in [0.2, 0.25) is 5.89 Å². The first-order valence-electron chi connectivity index (χ1n) is 9.55. The lowest BCUT2D eigenvalue weighted by atomic mass is 10.0. The first-order valence-corrected chi connectivity index (χ1v) is 9.55. The summed E-state index contributed by atoms with van der Waals surface area (Å²) in [6, 6.07) is 15.8. The zero-order valence-electron chi connectivity index (χ0n) is 16.6. The van der Waals surface area contributed by atoms with Gasteiger partial charge in [-0.05, 0) is 35.3 Å². The molecular formula is C22H21N5O3. The number of carbonyl (C=O) groups excluding carboxylic acids is 1. The monoisotopic (exact) mass is 403 g/mol. The number of nitrogens with one attached hydrogen (secondary N) is 1. The van der Waals surface area contributed by atoms with E-state index in [1.807, 2.05) is 50.2 Å². The molecule has 0 aliphatic carbocycles. The van der Waals surface area contributed by atoms with Gasteiger partial charge in [-0.3, -0.25) is 10.0 Å². The van der Waals surface area contributed by atoms with Gasteiger partial charge in [-0.1, -0.05) is 55.5 Å². The van der Waals surface area contributed by atoms with E-state index in [0.29, 0.717) is 17.2 Å².